The van der Waals surface area contributed by atoms with Crippen molar-refractivity contribution in [2.24, 2.45) is 5.92 Å². The van der Waals surface area contributed by atoms with Gasteiger partial charge in [-0.15, -0.1) is 0 Å². The first-order valence-electron chi connectivity index (χ1n) is 9.02. The Morgan fingerprint density at radius 1 is 1.21 bits per heavy atom. The maximum Gasteiger partial charge on any atom is 0.306 e. The van der Waals surface area contributed by atoms with Crippen LogP contribution in [0, 0.1) is 5.92 Å². The zero-order chi connectivity index (χ0) is 17.8. The fourth-order valence-corrected chi connectivity index (χ4v) is 2.55. The molecule has 1 N–H and O–H groups in total. The summed E-state index contributed by atoms with van der Waals surface area (Å²) in [6, 6.07) is 8.71. The van der Waals surface area contributed by atoms with E-state index >= 15 is 0 Å². The van der Waals surface area contributed by atoms with E-state index in [9.17, 15) is 4.79 Å². The summed E-state index contributed by atoms with van der Waals surface area (Å²) in [5.74, 6) is 0.827. The molecule has 0 bridgehead atoms. The van der Waals surface area contributed by atoms with Crippen LogP contribution in [-0.2, 0) is 14.3 Å². The highest BCUT2D eigenvalue weighted by Crippen LogP contribution is 2.18. The van der Waals surface area contributed by atoms with Gasteiger partial charge in [0.2, 0.25) is 0 Å². The first-order chi connectivity index (χ1) is 11.5. The molecule has 136 valence electrons. The first-order valence-corrected chi connectivity index (χ1v) is 9.02. The second-order valence-corrected chi connectivity index (χ2v) is 6.82. The molecule has 2 atom stereocenters. The Balaban J connectivity index is 0.000000341. The van der Waals surface area contributed by atoms with Crippen molar-refractivity contribution in [3.05, 3.63) is 30.3 Å². The lowest BCUT2D eigenvalue weighted by Crippen LogP contribution is -2.25. The lowest BCUT2D eigenvalue weighted by Gasteiger charge is -2.24. The topological polar surface area (TPSA) is 55.8 Å². The number of esters is 1. The number of cyclic esters (lactones) is 1. The van der Waals surface area contributed by atoms with Crippen LogP contribution in [0.2, 0.25) is 0 Å². The molecule has 1 aromatic carbocycles. The molecule has 0 radical (unpaired) electrons. The number of hydrogen-bond donors (Lipinski definition) is 1. The third kappa shape index (κ3) is 10.3. The van der Waals surface area contributed by atoms with Gasteiger partial charge in [-0.3, -0.25) is 4.79 Å². The van der Waals surface area contributed by atoms with E-state index in [0.717, 1.165) is 38.7 Å². The number of para-hydroxylation sites is 1. The number of carbonyl (C=O) groups is 1. The first kappa shape index (κ1) is 20.5. The summed E-state index contributed by atoms with van der Waals surface area (Å²) < 4.78 is 11.2. The van der Waals surface area contributed by atoms with E-state index in [4.69, 9.17) is 14.6 Å². The highest BCUT2D eigenvalue weighted by molar-refractivity contribution is 5.69. The Labute approximate surface area is 146 Å². The van der Waals surface area contributed by atoms with Gasteiger partial charge in [-0.1, -0.05) is 44.9 Å². The molecule has 0 amide bonds. The number of ether oxygens (including phenoxy) is 2. The van der Waals surface area contributed by atoms with Crippen LogP contribution < -0.4 is 0 Å². The van der Waals surface area contributed by atoms with E-state index in [0.29, 0.717) is 18.1 Å². The molecule has 1 saturated heterocycles. The van der Waals surface area contributed by atoms with E-state index in [1.165, 1.54) is 0 Å². The molecule has 1 aromatic rings. The predicted molar refractivity (Wildman–Crippen MR) is 95.9 cm³/mol. The highest BCUT2D eigenvalue weighted by Gasteiger charge is 2.18. The number of hydrogen-bond acceptors (Lipinski definition) is 4. The summed E-state index contributed by atoms with van der Waals surface area (Å²) >= 11 is 0. The zero-order valence-corrected chi connectivity index (χ0v) is 15.2. The molecular weight excluding hydrogens is 304 g/mol. The summed E-state index contributed by atoms with van der Waals surface area (Å²) in [6.07, 6.45) is 5.93. The standard InChI is InChI=1S/C14H26O3.C6H6O/c1-11(2)10-16-13-7-5-4-6-8-14(15)17-12(3)9-13;7-6-4-2-1-3-5-6/h11-13H,4-10H2,1-3H3;1-5,7H. The Bertz CT molecular complexity index is 444. The molecule has 2 unspecified atom stereocenters. The predicted octanol–water partition coefficient (Wildman–Crippen LogP) is 4.71. The Hall–Kier alpha value is -1.55. The molecule has 1 aliphatic rings. The van der Waals surface area contributed by atoms with Gasteiger partial charge in [-0.2, -0.15) is 0 Å². The molecular formula is C20H32O4. The molecule has 0 aromatic heterocycles. The van der Waals surface area contributed by atoms with Crippen molar-refractivity contribution >= 4 is 5.97 Å². The molecule has 0 saturated carbocycles. The van der Waals surface area contributed by atoms with Crippen LogP contribution in [0.5, 0.6) is 5.75 Å². The third-order valence-corrected chi connectivity index (χ3v) is 3.76. The van der Waals surface area contributed by atoms with Crippen molar-refractivity contribution in [1.29, 1.82) is 0 Å². The molecule has 1 heterocycles. The third-order valence-electron chi connectivity index (χ3n) is 3.76. The Morgan fingerprint density at radius 3 is 2.50 bits per heavy atom. The monoisotopic (exact) mass is 336 g/mol. The van der Waals surface area contributed by atoms with E-state index in [1.54, 1.807) is 24.3 Å². The molecule has 1 fully saturated rings. The maximum absolute atomic E-state index is 11.4. The molecule has 4 nitrogen and oxygen atoms in total. The number of carbonyl (C=O) groups excluding carboxylic acids is 1. The van der Waals surface area contributed by atoms with Gasteiger partial charge < -0.3 is 14.6 Å². The van der Waals surface area contributed by atoms with Gasteiger partial charge >= 0.3 is 5.97 Å². The Morgan fingerprint density at radius 2 is 1.92 bits per heavy atom. The van der Waals surface area contributed by atoms with Crippen LogP contribution in [0.25, 0.3) is 0 Å². The van der Waals surface area contributed by atoms with Gasteiger partial charge in [0.15, 0.2) is 0 Å². The smallest absolute Gasteiger partial charge is 0.306 e. The van der Waals surface area contributed by atoms with Gasteiger partial charge in [-0.05, 0) is 37.8 Å². The van der Waals surface area contributed by atoms with Gasteiger partial charge in [0.05, 0.1) is 6.10 Å². The van der Waals surface area contributed by atoms with E-state index < -0.39 is 0 Å². The van der Waals surface area contributed by atoms with Crippen molar-refractivity contribution in [2.75, 3.05) is 6.61 Å². The largest absolute Gasteiger partial charge is 0.508 e. The maximum atomic E-state index is 11.4. The molecule has 24 heavy (non-hydrogen) atoms. The SMILES string of the molecule is CC(C)COC1CCCCCC(=O)OC(C)C1.Oc1ccccc1. The van der Waals surface area contributed by atoms with Crippen molar-refractivity contribution in [3.8, 4) is 5.75 Å². The lowest BCUT2D eigenvalue weighted by atomic mass is 10.0. The van der Waals surface area contributed by atoms with Crippen molar-refractivity contribution < 1.29 is 19.4 Å². The second-order valence-electron chi connectivity index (χ2n) is 6.82. The van der Waals surface area contributed by atoms with Gasteiger partial charge in [0.25, 0.3) is 0 Å². The van der Waals surface area contributed by atoms with Gasteiger partial charge in [-0.25, -0.2) is 0 Å². The fourth-order valence-electron chi connectivity index (χ4n) is 2.55. The van der Waals surface area contributed by atoms with Crippen LogP contribution in [0.1, 0.15) is 59.3 Å². The summed E-state index contributed by atoms with van der Waals surface area (Å²) in [5.41, 5.74) is 0. The summed E-state index contributed by atoms with van der Waals surface area (Å²) in [6.45, 7) is 7.07. The lowest BCUT2D eigenvalue weighted by molar-refractivity contribution is -0.150. The highest BCUT2D eigenvalue weighted by atomic mass is 16.5. The summed E-state index contributed by atoms with van der Waals surface area (Å²) in [5, 5.41) is 8.63. The minimum atomic E-state index is -0.0537. The van der Waals surface area contributed by atoms with Crippen molar-refractivity contribution in [2.45, 2.75) is 71.5 Å². The molecule has 0 spiro atoms. The number of aromatic hydroxyl groups is 1. The average Bonchev–Trinajstić information content (AvgIpc) is 2.53. The quantitative estimate of drug-likeness (QED) is 0.813. The minimum Gasteiger partial charge on any atom is -0.508 e. The van der Waals surface area contributed by atoms with Crippen LogP contribution in [-0.4, -0.2) is 29.9 Å². The molecule has 4 heteroatoms. The average molecular weight is 336 g/mol. The molecule has 0 aliphatic carbocycles. The molecule has 2 rings (SSSR count). The number of benzene rings is 1. The van der Waals surface area contributed by atoms with Crippen molar-refractivity contribution in [1.82, 2.24) is 0 Å². The molecule has 1 aliphatic heterocycles. The summed E-state index contributed by atoms with van der Waals surface area (Å²) in [4.78, 5) is 11.4. The van der Waals surface area contributed by atoms with Crippen LogP contribution in [0.4, 0.5) is 0 Å². The van der Waals surface area contributed by atoms with Crippen LogP contribution in [0.15, 0.2) is 30.3 Å². The zero-order valence-electron chi connectivity index (χ0n) is 15.2. The van der Waals surface area contributed by atoms with Crippen LogP contribution >= 0.6 is 0 Å². The number of rotatable bonds is 3. The number of phenolic OH excluding ortho intramolecular Hbond substituents is 1. The second kappa shape index (κ2) is 11.9. The van der Waals surface area contributed by atoms with Gasteiger partial charge in [0.1, 0.15) is 11.9 Å². The normalized spacial score (nSPS) is 22.2. The van der Waals surface area contributed by atoms with E-state index in [2.05, 4.69) is 13.8 Å². The number of phenols is 1. The van der Waals surface area contributed by atoms with Crippen molar-refractivity contribution in [3.63, 3.8) is 0 Å². The van der Waals surface area contributed by atoms with Gasteiger partial charge in [0, 0.05) is 19.4 Å². The van der Waals surface area contributed by atoms with Crippen LogP contribution in [0.3, 0.4) is 0 Å². The minimum absolute atomic E-state index is 0.0160. The van der Waals surface area contributed by atoms with E-state index in [-0.39, 0.29) is 18.2 Å². The van der Waals surface area contributed by atoms with E-state index in [1.807, 2.05) is 13.0 Å². The Kier molecular flexibility index (Phi) is 10.2. The fraction of sp³-hybridized carbons (Fsp3) is 0.650. The summed E-state index contributed by atoms with van der Waals surface area (Å²) in [7, 11) is 0.